The first-order valence-electron chi connectivity index (χ1n) is 5.77. The third-order valence-corrected chi connectivity index (χ3v) is 4.27. The Morgan fingerprint density at radius 2 is 1.86 bits per heavy atom. The molecule has 0 aliphatic rings. The van der Waals surface area contributed by atoms with Crippen LogP contribution in [0.25, 0.3) is 0 Å². The molecule has 3 N–H and O–H groups in total. The van der Waals surface area contributed by atoms with E-state index in [1.54, 1.807) is 12.1 Å². The molecule has 0 aromatic heterocycles. The van der Waals surface area contributed by atoms with Crippen molar-refractivity contribution in [3.63, 3.8) is 0 Å². The summed E-state index contributed by atoms with van der Waals surface area (Å²) in [6, 6.07) is 7.68. The van der Waals surface area contributed by atoms with Gasteiger partial charge in [-0.2, -0.15) is 0 Å². The van der Waals surface area contributed by atoms with Gasteiger partial charge < -0.3 is 5.32 Å². The molecular weight excluding hydrogens is 354 g/mol. The Morgan fingerprint density at radius 3 is 2.45 bits per heavy atom. The zero-order valence-electron chi connectivity index (χ0n) is 10.8. The van der Waals surface area contributed by atoms with E-state index in [9.17, 15) is 17.6 Å². The summed E-state index contributed by atoms with van der Waals surface area (Å²) < 4.78 is 36.6. The molecule has 5 nitrogen and oxygen atoms in total. The predicted octanol–water partition coefficient (Wildman–Crippen LogP) is 3.03. The Labute approximate surface area is 135 Å². The molecule has 0 unspecified atom stereocenters. The number of benzene rings is 2. The Bertz CT molecular complexity index is 856. The highest BCUT2D eigenvalue weighted by molar-refractivity contribution is 7.89. The fourth-order valence-corrected chi connectivity index (χ4v) is 2.96. The second-order valence-electron chi connectivity index (χ2n) is 4.27. The van der Waals surface area contributed by atoms with Crippen LogP contribution in [0.1, 0.15) is 10.4 Å². The summed E-state index contributed by atoms with van der Waals surface area (Å²) in [6.45, 7) is 0. The lowest BCUT2D eigenvalue weighted by Crippen LogP contribution is -2.17. The summed E-state index contributed by atoms with van der Waals surface area (Å²) in [7, 11) is -4.19. The molecular formula is C13H9Cl2FN2O3S. The van der Waals surface area contributed by atoms with Crippen LogP contribution in [0.4, 0.5) is 10.1 Å². The van der Waals surface area contributed by atoms with Gasteiger partial charge in [0.2, 0.25) is 10.0 Å². The molecule has 0 saturated heterocycles. The normalized spacial score (nSPS) is 11.3. The van der Waals surface area contributed by atoms with Gasteiger partial charge in [0, 0.05) is 10.7 Å². The highest BCUT2D eigenvalue weighted by atomic mass is 35.5. The van der Waals surface area contributed by atoms with Crippen molar-refractivity contribution in [2.75, 3.05) is 5.32 Å². The summed E-state index contributed by atoms with van der Waals surface area (Å²) in [5.41, 5.74) is -0.183. The van der Waals surface area contributed by atoms with Gasteiger partial charge in [-0.1, -0.05) is 29.3 Å². The Kier molecular flexibility index (Phi) is 4.72. The van der Waals surface area contributed by atoms with E-state index < -0.39 is 37.2 Å². The van der Waals surface area contributed by atoms with Crippen molar-refractivity contribution < 1.29 is 17.6 Å². The molecule has 1 amide bonds. The SMILES string of the molecule is NS(=O)(=O)c1cc(C(=O)Nc2cccc(Cl)c2)c(F)cc1Cl. The number of sulfonamides is 1. The van der Waals surface area contributed by atoms with Crippen LogP contribution in [0, 0.1) is 5.82 Å². The molecule has 0 bridgehead atoms. The summed E-state index contributed by atoms with van der Waals surface area (Å²) in [4.78, 5) is 11.5. The lowest BCUT2D eigenvalue weighted by Gasteiger charge is -2.09. The average molecular weight is 363 g/mol. The summed E-state index contributed by atoms with van der Waals surface area (Å²) in [6.07, 6.45) is 0. The smallest absolute Gasteiger partial charge is 0.258 e. The topological polar surface area (TPSA) is 89.3 Å². The van der Waals surface area contributed by atoms with Gasteiger partial charge in [-0.05, 0) is 30.3 Å². The van der Waals surface area contributed by atoms with Gasteiger partial charge >= 0.3 is 0 Å². The third kappa shape index (κ3) is 3.75. The number of nitrogens with one attached hydrogen (secondary N) is 1. The lowest BCUT2D eigenvalue weighted by molar-refractivity contribution is 0.102. The molecule has 0 fully saturated rings. The number of hydrogen-bond donors (Lipinski definition) is 2. The summed E-state index contributed by atoms with van der Waals surface area (Å²) >= 11 is 11.4. The monoisotopic (exact) mass is 362 g/mol. The molecule has 9 heteroatoms. The third-order valence-electron chi connectivity index (χ3n) is 2.66. The van der Waals surface area contributed by atoms with Crippen LogP contribution in [0.15, 0.2) is 41.3 Å². The van der Waals surface area contributed by atoms with Crippen molar-refractivity contribution >= 4 is 44.8 Å². The molecule has 116 valence electrons. The summed E-state index contributed by atoms with van der Waals surface area (Å²) in [5, 5.41) is 7.33. The van der Waals surface area contributed by atoms with E-state index in [1.165, 1.54) is 12.1 Å². The van der Waals surface area contributed by atoms with E-state index in [1.807, 2.05) is 0 Å². The molecule has 0 aliphatic carbocycles. The first-order valence-corrected chi connectivity index (χ1v) is 8.07. The second kappa shape index (κ2) is 6.21. The fourth-order valence-electron chi connectivity index (χ4n) is 1.69. The van der Waals surface area contributed by atoms with E-state index in [4.69, 9.17) is 28.3 Å². The van der Waals surface area contributed by atoms with Crippen LogP contribution < -0.4 is 10.5 Å². The van der Waals surface area contributed by atoms with Gasteiger partial charge in [0.1, 0.15) is 10.7 Å². The van der Waals surface area contributed by atoms with Crippen molar-refractivity contribution in [1.29, 1.82) is 0 Å². The minimum Gasteiger partial charge on any atom is -0.322 e. The minimum atomic E-state index is -4.19. The number of hydrogen-bond acceptors (Lipinski definition) is 3. The van der Waals surface area contributed by atoms with Gasteiger partial charge in [0.25, 0.3) is 5.91 Å². The van der Waals surface area contributed by atoms with Crippen LogP contribution in [0.2, 0.25) is 10.0 Å². The second-order valence-corrected chi connectivity index (χ2v) is 6.65. The first-order chi connectivity index (χ1) is 10.2. The lowest BCUT2D eigenvalue weighted by atomic mass is 10.2. The molecule has 0 radical (unpaired) electrons. The van der Waals surface area contributed by atoms with Crippen LogP contribution in [-0.2, 0) is 10.0 Å². The van der Waals surface area contributed by atoms with Crippen molar-refractivity contribution in [2.45, 2.75) is 4.90 Å². The molecule has 0 aliphatic heterocycles. The zero-order valence-corrected chi connectivity index (χ0v) is 13.1. The fraction of sp³-hybridized carbons (Fsp3) is 0. The number of halogens is 3. The molecule has 2 aromatic rings. The number of carbonyl (C=O) groups excluding carboxylic acids is 1. The molecule has 22 heavy (non-hydrogen) atoms. The van der Waals surface area contributed by atoms with E-state index in [0.29, 0.717) is 16.8 Å². The van der Waals surface area contributed by atoms with Crippen LogP contribution in [0.3, 0.4) is 0 Å². The van der Waals surface area contributed by atoms with Gasteiger partial charge in [-0.15, -0.1) is 0 Å². The Balaban J connectivity index is 2.42. The number of amides is 1. The minimum absolute atomic E-state index is 0.323. The zero-order chi connectivity index (χ0) is 16.5. The molecule has 0 heterocycles. The average Bonchev–Trinajstić information content (AvgIpc) is 2.36. The number of rotatable bonds is 3. The predicted molar refractivity (Wildman–Crippen MR) is 82.2 cm³/mol. The number of carbonyl (C=O) groups is 1. The maximum absolute atomic E-state index is 13.8. The Morgan fingerprint density at radius 1 is 1.18 bits per heavy atom. The van der Waals surface area contributed by atoms with Crippen LogP contribution >= 0.6 is 23.2 Å². The largest absolute Gasteiger partial charge is 0.322 e. The highest BCUT2D eigenvalue weighted by Crippen LogP contribution is 2.25. The number of anilines is 1. The quantitative estimate of drug-likeness (QED) is 0.879. The van der Waals surface area contributed by atoms with E-state index in [0.717, 1.165) is 6.07 Å². The van der Waals surface area contributed by atoms with Gasteiger partial charge in [-0.25, -0.2) is 17.9 Å². The number of nitrogens with two attached hydrogens (primary N) is 1. The van der Waals surface area contributed by atoms with Crippen LogP contribution in [0.5, 0.6) is 0 Å². The Hall–Kier alpha value is -1.67. The van der Waals surface area contributed by atoms with Gasteiger partial charge in [-0.3, -0.25) is 4.79 Å². The molecule has 2 rings (SSSR count). The first kappa shape index (κ1) is 16.7. The highest BCUT2D eigenvalue weighted by Gasteiger charge is 2.20. The molecule has 2 aromatic carbocycles. The van der Waals surface area contributed by atoms with E-state index in [-0.39, 0.29) is 0 Å². The summed E-state index contributed by atoms with van der Waals surface area (Å²) in [5.74, 6) is -1.83. The standard InChI is InChI=1S/C13H9Cl2FN2O3S/c14-7-2-1-3-8(4-7)18-13(19)9-5-12(22(17,20)21)10(15)6-11(9)16/h1-6H,(H,18,19)(H2,17,20,21). The van der Waals surface area contributed by atoms with Crippen molar-refractivity contribution in [3.05, 3.63) is 57.8 Å². The van der Waals surface area contributed by atoms with Gasteiger partial charge in [0.05, 0.1) is 10.6 Å². The maximum atomic E-state index is 13.8. The van der Waals surface area contributed by atoms with E-state index >= 15 is 0 Å². The number of primary sulfonamides is 1. The molecule has 0 atom stereocenters. The van der Waals surface area contributed by atoms with E-state index in [2.05, 4.69) is 5.32 Å². The van der Waals surface area contributed by atoms with Crippen molar-refractivity contribution in [2.24, 2.45) is 5.14 Å². The van der Waals surface area contributed by atoms with Crippen LogP contribution in [-0.4, -0.2) is 14.3 Å². The van der Waals surface area contributed by atoms with Crippen molar-refractivity contribution in [1.82, 2.24) is 0 Å². The maximum Gasteiger partial charge on any atom is 0.258 e. The molecule has 0 spiro atoms. The molecule has 0 saturated carbocycles. The van der Waals surface area contributed by atoms with Gasteiger partial charge in [0.15, 0.2) is 0 Å². The van der Waals surface area contributed by atoms with Crippen molar-refractivity contribution in [3.8, 4) is 0 Å².